The van der Waals surface area contributed by atoms with E-state index >= 15 is 0 Å². The predicted molar refractivity (Wildman–Crippen MR) is 232 cm³/mol. The standard InChI is InChI=1S/C47H35N2P2S/c52-47(50(43-23-11-3-12-24-43,44-25-13-4-14-26-44)37-35-39-19-7-1-8-20-39)48-41-31-33-42(34-32-41)49-51(45-27-15-5-16-28-45,46-29-17-6-18-30-46)38-36-40-21-9-2-10-22-40/h1-19,21,23-33,35-36H,34H2/q+1/p+1. The van der Waals surface area contributed by atoms with Gasteiger partial charge < -0.3 is 5.32 Å². The van der Waals surface area contributed by atoms with Gasteiger partial charge in [-0.15, -0.1) is 0 Å². The molecule has 4 aromatic rings. The topological polar surface area (TPSA) is 24.4 Å². The van der Waals surface area contributed by atoms with Crippen LogP contribution >= 0.6 is 26.1 Å². The van der Waals surface area contributed by atoms with Gasteiger partial charge >= 0.3 is 0 Å². The van der Waals surface area contributed by atoms with Crippen molar-refractivity contribution in [3.8, 4) is 0 Å². The van der Waals surface area contributed by atoms with Gasteiger partial charge in [0.25, 0.3) is 0 Å². The summed E-state index contributed by atoms with van der Waals surface area (Å²) in [5.74, 6) is 0. The Morgan fingerprint density at radius 2 is 1.10 bits per heavy atom. The lowest BCUT2D eigenvalue weighted by atomic mass is 10.1. The van der Waals surface area contributed by atoms with Crippen molar-refractivity contribution in [1.82, 2.24) is 5.32 Å². The van der Waals surface area contributed by atoms with Gasteiger partial charge in [-0.1, -0.05) is 145 Å². The third kappa shape index (κ3) is 7.80. The normalized spacial score (nSPS) is 15.2. The zero-order valence-electron chi connectivity index (χ0n) is 28.5. The second kappa shape index (κ2) is 16.6. The summed E-state index contributed by atoms with van der Waals surface area (Å²) in [5.41, 5.74) is 11.5. The molecule has 0 bridgehead atoms. The Labute approximate surface area is 313 Å². The Bertz CT molecular complexity index is 2340. The molecular weight excluding hydrogens is 687 g/mol. The SMILES string of the molecule is S=C(NC1=CCC(=NP(=C=CC2=CC=CC=[C+]2)(c2ccccc2)c2ccccc2)C=C1)P(=C=CC1=CC=CC=[C+]1)(c1ccccc1)c1ccccc1. The fourth-order valence-electron chi connectivity index (χ4n) is 6.05. The third-order valence-electron chi connectivity index (χ3n) is 8.65. The van der Waals surface area contributed by atoms with Crippen molar-refractivity contribution in [2.45, 2.75) is 6.42 Å². The van der Waals surface area contributed by atoms with Crippen molar-refractivity contribution in [2.24, 2.45) is 4.76 Å². The van der Waals surface area contributed by atoms with Crippen LogP contribution in [0.25, 0.3) is 0 Å². The van der Waals surface area contributed by atoms with E-state index in [1.807, 2.05) is 85.0 Å². The summed E-state index contributed by atoms with van der Waals surface area (Å²) in [6.07, 6.45) is 33.7. The van der Waals surface area contributed by atoms with Gasteiger partial charge in [0.15, 0.2) is 11.1 Å². The first-order chi connectivity index (χ1) is 25.7. The van der Waals surface area contributed by atoms with E-state index in [2.05, 4.69) is 144 Å². The zero-order chi connectivity index (χ0) is 35.5. The summed E-state index contributed by atoms with van der Waals surface area (Å²) in [5, 5.41) is 8.22. The molecule has 3 aliphatic rings. The Morgan fingerprint density at radius 1 is 0.615 bits per heavy atom. The molecule has 0 heterocycles. The van der Waals surface area contributed by atoms with E-state index < -0.39 is 13.9 Å². The molecular formula is C47H36N2P2S+2. The average molecular weight is 723 g/mol. The summed E-state index contributed by atoms with van der Waals surface area (Å²) in [6, 6.07) is 42.1. The van der Waals surface area contributed by atoms with Crippen molar-refractivity contribution in [3.63, 3.8) is 0 Å². The lowest BCUT2D eigenvalue weighted by Gasteiger charge is -2.27. The van der Waals surface area contributed by atoms with Crippen molar-refractivity contribution in [2.75, 3.05) is 0 Å². The molecule has 0 saturated carbocycles. The van der Waals surface area contributed by atoms with E-state index in [1.54, 1.807) is 0 Å². The van der Waals surface area contributed by atoms with Gasteiger partial charge in [0.05, 0.1) is 31.2 Å². The Balaban J connectivity index is 1.29. The summed E-state index contributed by atoms with van der Waals surface area (Å²) < 4.78 is 6.34. The molecule has 52 heavy (non-hydrogen) atoms. The fourth-order valence-corrected chi connectivity index (χ4v) is 13.0. The number of nitrogens with zero attached hydrogens (tertiary/aromatic N) is 1. The van der Waals surface area contributed by atoms with Crippen LogP contribution in [0.3, 0.4) is 0 Å². The van der Waals surface area contributed by atoms with Crippen LogP contribution < -0.4 is 26.5 Å². The van der Waals surface area contributed by atoms with Crippen molar-refractivity contribution in [3.05, 3.63) is 229 Å². The van der Waals surface area contributed by atoms with Gasteiger partial charge in [-0.2, -0.15) is 0 Å². The molecule has 1 N–H and O–H groups in total. The average Bonchev–Trinajstić information content (AvgIpc) is 3.22. The highest BCUT2D eigenvalue weighted by molar-refractivity contribution is 8.12. The van der Waals surface area contributed by atoms with Crippen LogP contribution in [0.15, 0.2) is 222 Å². The minimum Gasteiger partial charge on any atom is -0.346 e. The highest BCUT2D eigenvalue weighted by Crippen LogP contribution is 2.47. The number of nitrogens with one attached hydrogen (secondary N) is 1. The molecule has 2 nitrogen and oxygen atoms in total. The van der Waals surface area contributed by atoms with E-state index in [-0.39, 0.29) is 0 Å². The van der Waals surface area contributed by atoms with Gasteiger partial charge in [-0.3, -0.25) is 0 Å². The van der Waals surface area contributed by atoms with Crippen LogP contribution in [0.4, 0.5) is 0 Å². The largest absolute Gasteiger partial charge is 0.346 e. The van der Waals surface area contributed by atoms with Crippen LogP contribution in [0.5, 0.6) is 0 Å². The van der Waals surface area contributed by atoms with Gasteiger partial charge in [0, 0.05) is 77.0 Å². The van der Waals surface area contributed by atoms with Gasteiger partial charge in [0.1, 0.15) is 11.8 Å². The molecule has 248 valence electrons. The first-order valence-electron chi connectivity index (χ1n) is 17.1. The monoisotopic (exact) mass is 722 g/mol. The maximum absolute atomic E-state index is 6.40. The molecule has 0 unspecified atom stereocenters. The van der Waals surface area contributed by atoms with Crippen LogP contribution in [0, 0.1) is 12.2 Å². The molecule has 0 aliphatic heterocycles. The molecule has 0 amide bonds. The molecule has 0 atom stereocenters. The number of hydrogen-bond acceptors (Lipinski definition) is 2. The van der Waals surface area contributed by atoms with Crippen molar-refractivity contribution < 1.29 is 0 Å². The highest BCUT2D eigenvalue weighted by Gasteiger charge is 2.29. The summed E-state index contributed by atoms with van der Waals surface area (Å²) in [6.45, 7) is -2.51. The second-order valence-electron chi connectivity index (χ2n) is 12.0. The number of hydrogen-bond donors (Lipinski definition) is 1. The van der Waals surface area contributed by atoms with Crippen LogP contribution in [-0.4, -0.2) is 21.3 Å². The zero-order valence-corrected chi connectivity index (χ0v) is 31.1. The van der Waals surface area contributed by atoms with E-state index in [9.17, 15) is 0 Å². The maximum atomic E-state index is 6.40. The maximum Gasteiger partial charge on any atom is 0.155 e. The minimum atomic E-state index is -2.51. The molecule has 0 fully saturated rings. The van der Waals surface area contributed by atoms with E-state index in [0.29, 0.717) is 6.42 Å². The second-order valence-corrected chi connectivity index (χ2v) is 18.6. The Kier molecular flexibility index (Phi) is 11.1. The number of benzene rings is 4. The third-order valence-corrected chi connectivity index (χ3v) is 16.1. The molecule has 0 saturated heterocycles. The number of rotatable bonds is 9. The summed E-state index contributed by atoms with van der Waals surface area (Å²) in [4.78, 5) is 0. The van der Waals surface area contributed by atoms with Gasteiger partial charge in [0.2, 0.25) is 0 Å². The summed E-state index contributed by atoms with van der Waals surface area (Å²) >= 11 is 6.40. The fraction of sp³-hybridized carbons (Fsp3) is 0.0213. The molecule has 7 rings (SSSR count). The minimum absolute atomic E-state index is 0.642. The highest BCUT2D eigenvalue weighted by atomic mass is 32.1. The van der Waals surface area contributed by atoms with Crippen LogP contribution in [0.1, 0.15) is 6.42 Å². The molecule has 0 radical (unpaired) electrons. The van der Waals surface area contributed by atoms with Gasteiger partial charge in [-0.05, 0) is 28.2 Å². The Morgan fingerprint density at radius 3 is 1.54 bits per heavy atom. The van der Waals surface area contributed by atoms with E-state index in [4.69, 9.17) is 17.0 Å². The molecule has 5 heteroatoms. The summed E-state index contributed by atoms with van der Waals surface area (Å²) in [7, 11) is -2.50. The molecule has 4 aromatic carbocycles. The number of thiocarbonyl (C=S) groups is 1. The molecule has 0 spiro atoms. The lowest BCUT2D eigenvalue weighted by molar-refractivity contribution is 1.18. The lowest BCUT2D eigenvalue weighted by Crippen LogP contribution is -2.31. The number of allylic oxidation sites excluding steroid dienone is 17. The molecule has 3 aliphatic carbocycles. The smallest absolute Gasteiger partial charge is 0.155 e. The van der Waals surface area contributed by atoms with E-state index in [0.717, 1.165) is 48.5 Å². The first kappa shape index (κ1) is 34.8. The van der Waals surface area contributed by atoms with E-state index in [1.165, 1.54) is 0 Å². The quantitative estimate of drug-likeness (QED) is 0.106. The van der Waals surface area contributed by atoms with Crippen molar-refractivity contribution in [1.29, 1.82) is 0 Å². The predicted octanol–water partition coefficient (Wildman–Crippen LogP) is 9.02. The van der Waals surface area contributed by atoms with Crippen molar-refractivity contribution >= 4 is 68.7 Å². The Hall–Kier alpha value is -5.66. The first-order valence-corrected chi connectivity index (χ1v) is 21.0. The van der Waals surface area contributed by atoms with Gasteiger partial charge in [-0.25, -0.2) is 4.76 Å². The van der Waals surface area contributed by atoms with Crippen LogP contribution in [-0.2, 0) is 0 Å². The van der Waals surface area contributed by atoms with Crippen LogP contribution in [0.2, 0.25) is 0 Å². The molecule has 0 aromatic heterocycles.